The van der Waals surface area contributed by atoms with Gasteiger partial charge in [0.15, 0.2) is 0 Å². The zero-order valence-electron chi connectivity index (χ0n) is 11.0. The van der Waals surface area contributed by atoms with Crippen LogP contribution in [-0.2, 0) is 9.53 Å². The lowest BCUT2D eigenvalue weighted by atomic mass is 9.79. The van der Waals surface area contributed by atoms with Crippen LogP contribution in [-0.4, -0.2) is 36.9 Å². The highest BCUT2D eigenvalue weighted by Gasteiger charge is 2.32. The van der Waals surface area contributed by atoms with E-state index < -0.39 is 5.60 Å². The molecule has 100 valence electrons. The fourth-order valence-corrected chi connectivity index (χ4v) is 2.52. The second-order valence-corrected chi connectivity index (χ2v) is 5.30. The summed E-state index contributed by atoms with van der Waals surface area (Å²) in [7, 11) is 1.63. The third-order valence-corrected chi connectivity index (χ3v) is 3.43. The van der Waals surface area contributed by atoms with Gasteiger partial charge < -0.3 is 15.2 Å². The van der Waals surface area contributed by atoms with Gasteiger partial charge in [0.2, 0.25) is 5.91 Å². The van der Waals surface area contributed by atoms with Crippen molar-refractivity contribution in [3.63, 3.8) is 0 Å². The quantitative estimate of drug-likeness (QED) is 0.695. The third kappa shape index (κ3) is 5.50. The van der Waals surface area contributed by atoms with Gasteiger partial charge in [-0.25, -0.2) is 0 Å². The lowest BCUT2D eigenvalue weighted by Gasteiger charge is -2.35. The van der Waals surface area contributed by atoms with Crippen LogP contribution in [0.5, 0.6) is 0 Å². The van der Waals surface area contributed by atoms with E-state index in [1.165, 1.54) is 6.42 Å². The monoisotopic (exact) mass is 243 g/mol. The second-order valence-electron chi connectivity index (χ2n) is 5.30. The summed E-state index contributed by atoms with van der Waals surface area (Å²) in [5.74, 6) is 0.563. The first kappa shape index (κ1) is 14.5. The minimum atomic E-state index is -0.686. The van der Waals surface area contributed by atoms with Gasteiger partial charge in [0.1, 0.15) is 0 Å². The zero-order valence-corrected chi connectivity index (χ0v) is 11.0. The van der Waals surface area contributed by atoms with Crippen molar-refractivity contribution in [1.29, 1.82) is 0 Å². The van der Waals surface area contributed by atoms with Crippen molar-refractivity contribution in [3.8, 4) is 0 Å². The predicted octanol–water partition coefficient (Wildman–Crippen LogP) is 1.47. The Bertz CT molecular complexity index is 245. The first-order valence-electron chi connectivity index (χ1n) is 6.54. The van der Waals surface area contributed by atoms with Gasteiger partial charge in [0, 0.05) is 26.7 Å². The Morgan fingerprint density at radius 1 is 1.59 bits per heavy atom. The van der Waals surface area contributed by atoms with E-state index >= 15 is 0 Å². The SMILES string of the molecule is COCCCC(=O)NCC1(O)CCCC(C)C1. The van der Waals surface area contributed by atoms with Crippen molar-refractivity contribution in [2.45, 2.75) is 51.0 Å². The molecule has 0 spiro atoms. The maximum atomic E-state index is 11.5. The number of hydrogen-bond acceptors (Lipinski definition) is 3. The second kappa shape index (κ2) is 6.97. The van der Waals surface area contributed by atoms with Gasteiger partial charge in [-0.05, 0) is 25.2 Å². The summed E-state index contributed by atoms with van der Waals surface area (Å²) < 4.78 is 4.89. The summed E-state index contributed by atoms with van der Waals surface area (Å²) in [6.07, 6.45) is 5.04. The van der Waals surface area contributed by atoms with E-state index in [0.29, 0.717) is 25.5 Å². The van der Waals surface area contributed by atoms with Gasteiger partial charge in [-0.1, -0.05) is 19.8 Å². The average molecular weight is 243 g/mol. The van der Waals surface area contributed by atoms with Crippen LogP contribution in [0.25, 0.3) is 0 Å². The topological polar surface area (TPSA) is 58.6 Å². The number of amides is 1. The van der Waals surface area contributed by atoms with Crippen LogP contribution in [0, 0.1) is 5.92 Å². The van der Waals surface area contributed by atoms with E-state index in [1.807, 2.05) is 0 Å². The van der Waals surface area contributed by atoms with Crippen molar-refractivity contribution in [1.82, 2.24) is 5.32 Å². The van der Waals surface area contributed by atoms with Gasteiger partial charge in [0.25, 0.3) is 0 Å². The largest absolute Gasteiger partial charge is 0.388 e. The Hall–Kier alpha value is -0.610. The zero-order chi connectivity index (χ0) is 12.7. The Morgan fingerprint density at radius 2 is 2.35 bits per heavy atom. The molecule has 0 saturated heterocycles. The number of hydrogen-bond donors (Lipinski definition) is 2. The first-order chi connectivity index (χ1) is 8.06. The molecule has 0 aromatic rings. The fourth-order valence-electron chi connectivity index (χ4n) is 2.52. The van der Waals surface area contributed by atoms with E-state index in [-0.39, 0.29) is 5.91 Å². The lowest BCUT2D eigenvalue weighted by molar-refractivity contribution is -0.123. The van der Waals surface area contributed by atoms with E-state index in [9.17, 15) is 9.90 Å². The highest BCUT2D eigenvalue weighted by molar-refractivity contribution is 5.75. The van der Waals surface area contributed by atoms with Gasteiger partial charge >= 0.3 is 0 Å². The maximum Gasteiger partial charge on any atom is 0.220 e. The van der Waals surface area contributed by atoms with Crippen LogP contribution in [0.1, 0.15) is 45.4 Å². The molecule has 2 unspecified atom stereocenters. The summed E-state index contributed by atoms with van der Waals surface area (Å²) in [6.45, 7) is 3.16. The summed E-state index contributed by atoms with van der Waals surface area (Å²) >= 11 is 0. The number of carbonyl (C=O) groups excluding carboxylic acids is 1. The van der Waals surface area contributed by atoms with Crippen molar-refractivity contribution in [3.05, 3.63) is 0 Å². The van der Waals surface area contributed by atoms with Crippen molar-refractivity contribution < 1.29 is 14.6 Å². The van der Waals surface area contributed by atoms with E-state index in [2.05, 4.69) is 12.2 Å². The first-order valence-corrected chi connectivity index (χ1v) is 6.54. The van der Waals surface area contributed by atoms with Crippen LogP contribution in [0.15, 0.2) is 0 Å². The molecule has 0 aliphatic heterocycles. The molecule has 0 aromatic heterocycles. The van der Waals surface area contributed by atoms with Gasteiger partial charge in [-0.3, -0.25) is 4.79 Å². The molecule has 1 amide bonds. The Balaban J connectivity index is 2.21. The van der Waals surface area contributed by atoms with Crippen molar-refractivity contribution >= 4 is 5.91 Å². The van der Waals surface area contributed by atoms with Crippen LogP contribution in [0.3, 0.4) is 0 Å². The minimum Gasteiger partial charge on any atom is -0.388 e. The fraction of sp³-hybridized carbons (Fsp3) is 0.923. The lowest BCUT2D eigenvalue weighted by Crippen LogP contribution is -2.45. The molecule has 4 heteroatoms. The maximum absolute atomic E-state index is 11.5. The summed E-state index contributed by atoms with van der Waals surface area (Å²) in [6, 6.07) is 0. The third-order valence-electron chi connectivity index (χ3n) is 3.43. The van der Waals surface area contributed by atoms with E-state index in [1.54, 1.807) is 7.11 Å². The Morgan fingerprint density at radius 3 is 3.00 bits per heavy atom. The standard InChI is InChI=1S/C13H25NO3/c1-11-5-3-7-13(16,9-11)10-14-12(15)6-4-8-17-2/h11,16H,3-10H2,1-2H3,(H,14,15). The molecule has 0 heterocycles. The van der Waals surface area contributed by atoms with Crippen molar-refractivity contribution in [2.24, 2.45) is 5.92 Å². The predicted molar refractivity (Wildman–Crippen MR) is 66.7 cm³/mol. The van der Waals surface area contributed by atoms with Gasteiger partial charge in [-0.2, -0.15) is 0 Å². The highest BCUT2D eigenvalue weighted by atomic mass is 16.5. The molecule has 1 rings (SSSR count). The minimum absolute atomic E-state index is 0.00806. The van der Waals surface area contributed by atoms with Gasteiger partial charge in [0.05, 0.1) is 5.60 Å². The molecule has 2 atom stereocenters. The van der Waals surface area contributed by atoms with E-state index in [0.717, 1.165) is 25.7 Å². The summed E-state index contributed by atoms with van der Waals surface area (Å²) in [5, 5.41) is 13.2. The molecule has 0 bridgehead atoms. The number of ether oxygens (including phenoxy) is 1. The smallest absolute Gasteiger partial charge is 0.220 e. The molecule has 1 aliphatic carbocycles. The molecule has 1 saturated carbocycles. The normalized spacial score (nSPS) is 29.0. The molecule has 0 aromatic carbocycles. The molecular formula is C13H25NO3. The van der Waals surface area contributed by atoms with Crippen molar-refractivity contribution in [2.75, 3.05) is 20.3 Å². The molecule has 17 heavy (non-hydrogen) atoms. The molecule has 0 radical (unpaired) electrons. The molecule has 1 aliphatic rings. The van der Waals surface area contributed by atoms with Crippen LogP contribution in [0.4, 0.5) is 0 Å². The molecule has 4 nitrogen and oxygen atoms in total. The number of aliphatic hydroxyl groups is 1. The van der Waals surface area contributed by atoms with Crippen LogP contribution < -0.4 is 5.32 Å². The van der Waals surface area contributed by atoms with Crippen LogP contribution >= 0.6 is 0 Å². The Kier molecular flexibility index (Phi) is 5.92. The van der Waals surface area contributed by atoms with Crippen LogP contribution in [0.2, 0.25) is 0 Å². The number of nitrogens with one attached hydrogen (secondary N) is 1. The summed E-state index contributed by atoms with van der Waals surface area (Å²) in [4.78, 5) is 11.5. The number of rotatable bonds is 6. The van der Waals surface area contributed by atoms with Gasteiger partial charge in [-0.15, -0.1) is 0 Å². The molecule has 1 fully saturated rings. The average Bonchev–Trinajstić information content (AvgIpc) is 2.27. The summed E-state index contributed by atoms with van der Waals surface area (Å²) in [5.41, 5.74) is -0.686. The highest BCUT2D eigenvalue weighted by Crippen LogP contribution is 2.31. The number of carbonyl (C=O) groups is 1. The Labute approximate surface area is 104 Å². The molecular weight excluding hydrogens is 218 g/mol. The van der Waals surface area contributed by atoms with E-state index in [4.69, 9.17) is 4.74 Å². The number of methoxy groups -OCH3 is 1. The molecule has 2 N–H and O–H groups in total.